The molecule has 3 aliphatic heterocycles. The lowest BCUT2D eigenvalue weighted by atomic mass is 9.37. The molecule has 1 amide bonds. The van der Waals surface area contributed by atoms with E-state index in [4.69, 9.17) is 14.2 Å². The quantitative estimate of drug-likeness (QED) is 0.501. The zero-order valence-electron chi connectivity index (χ0n) is 18.9. The number of esters is 1. The number of para-hydroxylation sites is 1. The first-order valence-electron chi connectivity index (χ1n) is 11.3. The third kappa shape index (κ3) is 1.84. The number of nitrogens with zero attached hydrogens (tertiary/aromatic N) is 2. The molecule has 176 valence electrons. The molecule has 6 aliphatic rings. The first kappa shape index (κ1) is 20.9. The number of anilines is 1. The lowest BCUT2D eigenvalue weighted by Crippen LogP contribution is -2.90. The molecule has 1 saturated heterocycles. The van der Waals surface area contributed by atoms with Gasteiger partial charge in [0, 0.05) is 23.4 Å². The second-order valence-corrected chi connectivity index (χ2v) is 9.82. The van der Waals surface area contributed by atoms with Crippen molar-refractivity contribution in [1.82, 2.24) is 4.90 Å². The van der Waals surface area contributed by atoms with Crippen LogP contribution in [0.25, 0.3) is 0 Å². The van der Waals surface area contributed by atoms with Crippen LogP contribution in [0.5, 0.6) is 5.75 Å². The Morgan fingerprint density at radius 3 is 2.61 bits per heavy atom. The predicted molar refractivity (Wildman–Crippen MR) is 116 cm³/mol. The third-order valence-electron chi connectivity index (χ3n) is 9.25. The summed E-state index contributed by atoms with van der Waals surface area (Å²) < 4.78 is 16.0. The fourth-order valence-electron chi connectivity index (χ4n) is 8.42. The molecule has 3 saturated carbocycles. The van der Waals surface area contributed by atoms with Crippen LogP contribution in [0.3, 0.4) is 0 Å². The van der Waals surface area contributed by atoms with Crippen LogP contribution in [-0.2, 0) is 19.7 Å². The van der Waals surface area contributed by atoms with E-state index in [1.165, 1.54) is 26.2 Å². The highest BCUT2D eigenvalue weighted by molar-refractivity contribution is 6.01. The molecule has 1 aromatic rings. The van der Waals surface area contributed by atoms with Crippen molar-refractivity contribution in [1.29, 1.82) is 0 Å². The molecule has 0 aromatic heterocycles. The minimum absolute atomic E-state index is 0.218. The van der Waals surface area contributed by atoms with Gasteiger partial charge in [0.25, 0.3) is 0 Å². The highest BCUT2D eigenvalue weighted by atomic mass is 16.6. The van der Waals surface area contributed by atoms with Gasteiger partial charge in [0.1, 0.15) is 17.4 Å². The van der Waals surface area contributed by atoms with Crippen LogP contribution in [-0.4, -0.2) is 84.9 Å². The van der Waals surface area contributed by atoms with Crippen LogP contribution in [0.2, 0.25) is 0 Å². The Labute approximate surface area is 191 Å². The van der Waals surface area contributed by atoms with E-state index in [1.54, 1.807) is 6.07 Å². The molecule has 4 fully saturated rings. The molecule has 3 spiro atoms. The van der Waals surface area contributed by atoms with E-state index in [9.17, 15) is 19.8 Å². The van der Waals surface area contributed by atoms with Crippen LogP contribution in [0.4, 0.5) is 10.5 Å². The fraction of sp³-hybridized carbons (Fsp3) is 0.583. The first-order valence-corrected chi connectivity index (χ1v) is 11.3. The molecule has 3 heterocycles. The number of hydrogen-bond donors (Lipinski definition) is 2. The van der Waals surface area contributed by atoms with E-state index >= 15 is 0 Å². The van der Waals surface area contributed by atoms with E-state index in [0.717, 1.165) is 5.56 Å². The van der Waals surface area contributed by atoms with E-state index < -0.39 is 40.1 Å². The molecule has 3 aliphatic carbocycles. The van der Waals surface area contributed by atoms with Crippen molar-refractivity contribution in [2.24, 2.45) is 5.41 Å². The Kier molecular flexibility index (Phi) is 3.99. The molecule has 2 bridgehead atoms. The van der Waals surface area contributed by atoms with Gasteiger partial charge < -0.3 is 24.4 Å². The van der Waals surface area contributed by atoms with E-state index in [0.29, 0.717) is 37.4 Å². The molecule has 9 nitrogen and oxygen atoms in total. The normalized spacial score (nSPS) is 41.9. The molecule has 2 N–H and O–H groups in total. The Balaban J connectivity index is 1.79. The smallest absolute Gasteiger partial charge is 0.414 e. The van der Waals surface area contributed by atoms with Gasteiger partial charge in [-0.1, -0.05) is 24.3 Å². The number of methoxy groups -OCH3 is 3. The highest BCUT2D eigenvalue weighted by Crippen LogP contribution is 2.76. The molecule has 1 aromatic carbocycles. The molecule has 6 atom stereocenters. The zero-order chi connectivity index (χ0) is 23.4. The number of carbonyl (C=O) groups excluding carboxylic acids is 2. The molecule has 33 heavy (non-hydrogen) atoms. The molecule has 9 heteroatoms. The second kappa shape index (κ2) is 6.28. The number of ether oxygens (including phenoxy) is 3. The van der Waals surface area contributed by atoms with E-state index in [2.05, 4.69) is 4.90 Å². The minimum Gasteiger partial charge on any atom is -0.495 e. The summed E-state index contributed by atoms with van der Waals surface area (Å²) in [6.45, 7) is 1.40. The summed E-state index contributed by atoms with van der Waals surface area (Å²) in [6.07, 6.45) is 3.17. The maximum atomic E-state index is 13.5. The van der Waals surface area contributed by atoms with Crippen molar-refractivity contribution in [3.8, 4) is 5.75 Å². The van der Waals surface area contributed by atoms with Crippen molar-refractivity contribution in [3.63, 3.8) is 0 Å². The molecular weight excluding hydrogens is 428 g/mol. The summed E-state index contributed by atoms with van der Waals surface area (Å²) in [7, 11) is 3.98. The number of benzene rings is 1. The standard InChI is InChI=1S/C24H28N2O7/c1-31-15-7-4-6-14-16(15)26(20(29)33-3)23-10-9-21(18(27)24(23,30)19(28)32-2)8-5-12-25-13-11-22(14,23)17(21)25/h4-8,17-18,27,30H,9-13H2,1-3H3/t17-,18?,21-,22+,23-,24?/m0/s1. The maximum Gasteiger partial charge on any atom is 0.414 e. The van der Waals surface area contributed by atoms with E-state index in [1.807, 2.05) is 24.3 Å². The van der Waals surface area contributed by atoms with Gasteiger partial charge in [-0.15, -0.1) is 0 Å². The summed E-state index contributed by atoms with van der Waals surface area (Å²) >= 11 is 0. The predicted octanol–water partition coefficient (Wildman–Crippen LogP) is 0.961. The Hall–Kier alpha value is -2.62. The number of rotatable bonds is 2. The monoisotopic (exact) mass is 456 g/mol. The summed E-state index contributed by atoms with van der Waals surface area (Å²) in [4.78, 5) is 30.6. The Morgan fingerprint density at radius 1 is 1.12 bits per heavy atom. The van der Waals surface area contributed by atoms with Crippen molar-refractivity contribution in [3.05, 3.63) is 35.9 Å². The molecular formula is C24H28N2O7. The fourth-order valence-corrected chi connectivity index (χ4v) is 8.42. The van der Waals surface area contributed by atoms with Crippen LogP contribution < -0.4 is 9.64 Å². The van der Waals surface area contributed by atoms with Gasteiger partial charge in [-0.3, -0.25) is 9.80 Å². The summed E-state index contributed by atoms with van der Waals surface area (Å²) in [5.41, 5.74) is -4.29. The van der Waals surface area contributed by atoms with Gasteiger partial charge in [-0.2, -0.15) is 0 Å². The van der Waals surface area contributed by atoms with Crippen LogP contribution in [0, 0.1) is 5.41 Å². The average molecular weight is 456 g/mol. The van der Waals surface area contributed by atoms with Crippen molar-refractivity contribution < 1.29 is 34.0 Å². The second-order valence-electron chi connectivity index (χ2n) is 9.82. The average Bonchev–Trinajstić information content (AvgIpc) is 3.37. The molecule has 7 rings (SSSR count). The number of fused-ring (bicyclic) bond motifs is 3. The summed E-state index contributed by atoms with van der Waals surface area (Å²) in [5.74, 6) is -0.509. The van der Waals surface area contributed by atoms with Crippen molar-refractivity contribution >= 4 is 17.7 Å². The Bertz CT molecular complexity index is 1110. The lowest BCUT2D eigenvalue weighted by Gasteiger charge is -2.72. The number of aliphatic hydroxyl groups is 2. The highest BCUT2D eigenvalue weighted by Gasteiger charge is 2.89. The minimum atomic E-state index is -2.38. The van der Waals surface area contributed by atoms with Gasteiger partial charge in [0.05, 0.1) is 27.0 Å². The SMILES string of the molecule is COC(=O)N1c2c(OC)cccc2[C@@]23CCN4CC=C[C@]5(CC[C@]12C(O)(C(=O)OC)C5O)[C@H]43. The first-order chi connectivity index (χ1) is 15.8. The number of hydrogen-bond acceptors (Lipinski definition) is 8. The largest absolute Gasteiger partial charge is 0.495 e. The molecule has 2 unspecified atom stereocenters. The maximum absolute atomic E-state index is 13.5. The molecule has 0 radical (unpaired) electrons. The lowest BCUT2D eigenvalue weighted by molar-refractivity contribution is -0.262. The number of aliphatic hydroxyl groups excluding tert-OH is 1. The van der Waals surface area contributed by atoms with Gasteiger partial charge in [0.2, 0.25) is 5.60 Å². The van der Waals surface area contributed by atoms with Crippen molar-refractivity contribution in [2.45, 2.75) is 48.0 Å². The Morgan fingerprint density at radius 2 is 1.91 bits per heavy atom. The summed E-state index contributed by atoms with van der Waals surface area (Å²) in [5, 5.41) is 24.2. The van der Waals surface area contributed by atoms with E-state index in [-0.39, 0.29) is 12.5 Å². The van der Waals surface area contributed by atoms with Crippen LogP contribution in [0.1, 0.15) is 24.8 Å². The van der Waals surface area contributed by atoms with Crippen LogP contribution in [0.15, 0.2) is 30.4 Å². The summed E-state index contributed by atoms with van der Waals surface area (Å²) in [6, 6.07) is 5.35. The van der Waals surface area contributed by atoms with Crippen LogP contribution >= 0.6 is 0 Å². The van der Waals surface area contributed by atoms with Gasteiger partial charge in [-0.25, -0.2) is 9.59 Å². The van der Waals surface area contributed by atoms with Gasteiger partial charge in [0.15, 0.2) is 0 Å². The third-order valence-corrected chi connectivity index (χ3v) is 9.25. The van der Waals surface area contributed by atoms with Gasteiger partial charge in [-0.05, 0) is 37.4 Å². The zero-order valence-corrected chi connectivity index (χ0v) is 18.9. The van der Waals surface area contributed by atoms with Crippen molar-refractivity contribution in [2.75, 3.05) is 39.3 Å². The van der Waals surface area contributed by atoms with Gasteiger partial charge >= 0.3 is 12.1 Å². The number of amides is 1. The number of carbonyl (C=O) groups is 2. The topological polar surface area (TPSA) is 109 Å².